The first-order valence-electron chi connectivity index (χ1n) is 40.3. The van der Waals surface area contributed by atoms with Gasteiger partial charge in [0.15, 0.2) is 12.2 Å². The van der Waals surface area contributed by atoms with Crippen LogP contribution in [0.4, 0.5) is 0 Å². The second-order valence-electron chi connectivity index (χ2n) is 29.5. The zero-order chi connectivity index (χ0) is 71.7. The van der Waals surface area contributed by atoms with Gasteiger partial charge in [-0.15, -0.1) is 0 Å². The molecule has 0 radical (unpaired) electrons. The van der Waals surface area contributed by atoms with E-state index in [0.29, 0.717) is 25.7 Å². The van der Waals surface area contributed by atoms with Crippen molar-refractivity contribution in [2.24, 2.45) is 23.7 Å². The van der Waals surface area contributed by atoms with Crippen LogP contribution in [0.3, 0.4) is 0 Å². The molecule has 7 atom stereocenters. The lowest BCUT2D eigenvalue weighted by Crippen LogP contribution is -2.30. The molecule has 0 bridgehead atoms. The SMILES string of the molecule is CCC(C)CCCCCCCCC(=O)OC[C@H](COP(=O)(O)OC[C@H](O)COP(=O)(O)OC[C@@H](COC(=O)CCCCCCCCC(C)CC)OC(=O)CCCCCCCCCCCCCCCCCC(C)C)OC(=O)CCCCCCCCCCCCCCCCCCC(C)C. The quantitative estimate of drug-likeness (QED) is 0.0222. The van der Waals surface area contributed by atoms with Gasteiger partial charge in [-0.25, -0.2) is 9.13 Å². The van der Waals surface area contributed by atoms with E-state index >= 15 is 0 Å². The standard InChI is InChI=1S/C78H152O17P2/c1-9-70(7)56-48-40-34-36-42-50-58-75(80)88-64-73(94-77(82)60-52-44-32-28-24-20-16-12-11-14-18-22-26-30-38-46-54-68(3)4)66-92-96(84,85)90-62-72(79)63-91-97(86,87)93-67-74(65-89-76(81)59-51-43-37-35-41-49-57-71(8)10-2)95-78(83)61-53-45-33-29-25-21-17-13-15-19-23-27-31-39-47-55-69(5)6/h68-74,79H,9-67H2,1-8H3,(H,84,85)(H,86,87)/t70?,71?,72-,73+,74+/m0/s1. The summed E-state index contributed by atoms with van der Waals surface area (Å²) in [5.74, 6) is 0.953. The van der Waals surface area contributed by atoms with Crippen LogP contribution in [-0.4, -0.2) is 96.7 Å². The van der Waals surface area contributed by atoms with Crippen LogP contribution >= 0.6 is 15.6 Å². The summed E-state index contributed by atoms with van der Waals surface area (Å²) >= 11 is 0. The molecular formula is C78H152O17P2. The second-order valence-corrected chi connectivity index (χ2v) is 32.4. The molecule has 0 saturated carbocycles. The molecule has 0 heterocycles. The maximum atomic E-state index is 13.1. The number of carbonyl (C=O) groups excluding carboxylic acids is 4. The Morgan fingerprint density at radius 1 is 0.289 bits per heavy atom. The molecule has 19 heteroatoms. The van der Waals surface area contributed by atoms with Gasteiger partial charge in [-0.1, -0.05) is 344 Å². The summed E-state index contributed by atoms with van der Waals surface area (Å²) < 4.78 is 68.6. The number of phosphoric ester groups is 2. The first-order chi connectivity index (χ1) is 46.7. The fourth-order valence-electron chi connectivity index (χ4n) is 11.8. The fourth-order valence-corrected chi connectivity index (χ4v) is 13.4. The molecule has 97 heavy (non-hydrogen) atoms. The monoisotopic (exact) mass is 1420 g/mol. The molecule has 0 aromatic rings. The van der Waals surface area contributed by atoms with Crippen LogP contribution in [0.5, 0.6) is 0 Å². The van der Waals surface area contributed by atoms with Crippen molar-refractivity contribution < 1.29 is 80.2 Å². The van der Waals surface area contributed by atoms with Gasteiger partial charge in [-0.2, -0.15) is 0 Å². The van der Waals surface area contributed by atoms with Gasteiger partial charge in [0.1, 0.15) is 19.3 Å². The van der Waals surface area contributed by atoms with E-state index in [-0.39, 0.29) is 25.7 Å². The molecule has 4 unspecified atom stereocenters. The summed E-state index contributed by atoms with van der Waals surface area (Å²) in [5, 5.41) is 10.6. The molecule has 0 fully saturated rings. The number of esters is 4. The summed E-state index contributed by atoms with van der Waals surface area (Å²) in [6.45, 7) is 14.2. The third-order valence-electron chi connectivity index (χ3n) is 18.8. The number of hydrogen-bond acceptors (Lipinski definition) is 15. The van der Waals surface area contributed by atoms with E-state index in [4.69, 9.17) is 37.0 Å². The van der Waals surface area contributed by atoms with Crippen molar-refractivity contribution in [2.45, 2.75) is 414 Å². The highest BCUT2D eigenvalue weighted by molar-refractivity contribution is 7.47. The third kappa shape index (κ3) is 69.5. The number of phosphoric acid groups is 2. The maximum absolute atomic E-state index is 13.1. The maximum Gasteiger partial charge on any atom is 0.472 e. The molecular weight excluding hydrogens is 1270 g/mol. The van der Waals surface area contributed by atoms with Gasteiger partial charge in [-0.05, 0) is 49.4 Å². The van der Waals surface area contributed by atoms with E-state index in [9.17, 15) is 43.2 Å². The lowest BCUT2D eigenvalue weighted by atomic mass is 10.00. The van der Waals surface area contributed by atoms with Crippen LogP contribution in [0.2, 0.25) is 0 Å². The number of unbranched alkanes of at least 4 members (excludes halogenated alkanes) is 39. The van der Waals surface area contributed by atoms with Crippen LogP contribution < -0.4 is 0 Å². The molecule has 17 nitrogen and oxygen atoms in total. The fraction of sp³-hybridized carbons (Fsp3) is 0.949. The Morgan fingerprint density at radius 3 is 0.732 bits per heavy atom. The van der Waals surface area contributed by atoms with E-state index in [1.54, 1.807) is 0 Å². The van der Waals surface area contributed by atoms with Crippen LogP contribution in [0.25, 0.3) is 0 Å². The highest BCUT2D eigenvalue weighted by Crippen LogP contribution is 2.45. The second kappa shape index (κ2) is 67.2. The predicted molar refractivity (Wildman–Crippen MR) is 395 cm³/mol. The number of ether oxygens (including phenoxy) is 4. The Morgan fingerprint density at radius 2 is 0.495 bits per heavy atom. The van der Waals surface area contributed by atoms with Gasteiger partial charge >= 0.3 is 39.5 Å². The molecule has 0 rings (SSSR count). The van der Waals surface area contributed by atoms with Crippen LogP contribution in [0.1, 0.15) is 396 Å². The minimum Gasteiger partial charge on any atom is -0.462 e. The smallest absolute Gasteiger partial charge is 0.462 e. The van der Waals surface area contributed by atoms with E-state index in [1.807, 2.05) is 0 Å². The number of rotatable bonds is 75. The van der Waals surface area contributed by atoms with Gasteiger partial charge in [0.05, 0.1) is 26.4 Å². The minimum absolute atomic E-state index is 0.106. The molecule has 0 aliphatic carbocycles. The van der Waals surface area contributed by atoms with Gasteiger partial charge < -0.3 is 33.8 Å². The molecule has 3 N–H and O–H groups in total. The molecule has 0 saturated heterocycles. The molecule has 0 aliphatic heterocycles. The Balaban J connectivity index is 5.20. The van der Waals surface area contributed by atoms with Crippen LogP contribution in [-0.2, 0) is 65.4 Å². The molecule has 0 spiro atoms. The van der Waals surface area contributed by atoms with Gasteiger partial charge in [0, 0.05) is 25.7 Å². The van der Waals surface area contributed by atoms with Crippen molar-refractivity contribution in [3.63, 3.8) is 0 Å². The number of carbonyl (C=O) groups is 4. The molecule has 576 valence electrons. The van der Waals surface area contributed by atoms with Gasteiger partial charge in [0.2, 0.25) is 0 Å². The average molecular weight is 1420 g/mol. The van der Waals surface area contributed by atoms with E-state index < -0.39 is 97.5 Å². The van der Waals surface area contributed by atoms with Crippen molar-refractivity contribution in [3.05, 3.63) is 0 Å². The van der Waals surface area contributed by atoms with Crippen molar-refractivity contribution >= 4 is 39.5 Å². The summed E-state index contributed by atoms with van der Waals surface area (Å²) in [6.07, 6.45) is 52.8. The van der Waals surface area contributed by atoms with E-state index in [1.165, 1.54) is 186 Å². The Labute approximate surface area is 594 Å². The lowest BCUT2D eigenvalue weighted by molar-refractivity contribution is -0.161. The Bertz CT molecular complexity index is 1910. The topological polar surface area (TPSA) is 237 Å². The predicted octanol–water partition coefficient (Wildman–Crippen LogP) is 22.8. The third-order valence-corrected chi connectivity index (χ3v) is 20.7. The van der Waals surface area contributed by atoms with E-state index in [2.05, 4.69) is 55.4 Å². The number of aliphatic hydroxyl groups is 1. The summed E-state index contributed by atoms with van der Waals surface area (Å²) in [5.41, 5.74) is 0. The van der Waals surface area contributed by atoms with E-state index in [0.717, 1.165) is 126 Å². The zero-order valence-corrected chi connectivity index (χ0v) is 65.5. The highest BCUT2D eigenvalue weighted by atomic mass is 31.2. The normalized spacial score (nSPS) is 14.6. The summed E-state index contributed by atoms with van der Waals surface area (Å²) in [7, 11) is -9.92. The molecule has 0 aliphatic rings. The van der Waals surface area contributed by atoms with Gasteiger partial charge in [0.25, 0.3) is 0 Å². The largest absolute Gasteiger partial charge is 0.472 e. The van der Waals surface area contributed by atoms with Crippen LogP contribution in [0, 0.1) is 23.7 Å². The zero-order valence-electron chi connectivity index (χ0n) is 63.7. The summed E-state index contributed by atoms with van der Waals surface area (Å²) in [4.78, 5) is 72.8. The first kappa shape index (κ1) is 95.1. The van der Waals surface area contributed by atoms with Crippen molar-refractivity contribution in [3.8, 4) is 0 Å². The van der Waals surface area contributed by atoms with Crippen molar-refractivity contribution in [1.82, 2.24) is 0 Å². The minimum atomic E-state index is -4.96. The number of aliphatic hydroxyl groups excluding tert-OH is 1. The number of hydrogen-bond donors (Lipinski definition) is 3. The Kier molecular flexibility index (Phi) is 65.9. The van der Waals surface area contributed by atoms with Crippen molar-refractivity contribution in [2.75, 3.05) is 39.6 Å². The van der Waals surface area contributed by atoms with Crippen molar-refractivity contribution in [1.29, 1.82) is 0 Å². The summed E-state index contributed by atoms with van der Waals surface area (Å²) in [6, 6.07) is 0. The molecule has 0 amide bonds. The highest BCUT2D eigenvalue weighted by Gasteiger charge is 2.30. The van der Waals surface area contributed by atoms with Gasteiger partial charge in [-0.3, -0.25) is 37.3 Å². The average Bonchev–Trinajstić information content (AvgIpc) is 1.17. The molecule has 0 aromatic heterocycles. The molecule has 0 aromatic carbocycles. The first-order valence-corrected chi connectivity index (χ1v) is 43.3. The lowest BCUT2D eigenvalue weighted by Gasteiger charge is -2.21. The Hall–Kier alpha value is -1.94. The van der Waals surface area contributed by atoms with Crippen LogP contribution in [0.15, 0.2) is 0 Å².